The van der Waals surface area contributed by atoms with Gasteiger partial charge < -0.3 is 4.74 Å². The molecule has 0 N–H and O–H groups in total. The fourth-order valence-corrected chi connectivity index (χ4v) is 2.57. The van der Waals surface area contributed by atoms with E-state index in [1.54, 1.807) is 19.5 Å². The van der Waals surface area contributed by atoms with Gasteiger partial charge in [-0.15, -0.1) is 0 Å². The maximum atomic E-state index is 12.6. The van der Waals surface area contributed by atoms with Crippen LogP contribution in [0.4, 0.5) is 13.2 Å². The van der Waals surface area contributed by atoms with Crippen LogP contribution in [0.25, 0.3) is 0 Å². The van der Waals surface area contributed by atoms with Crippen molar-refractivity contribution in [2.24, 2.45) is 0 Å². The van der Waals surface area contributed by atoms with Crippen LogP contribution in [0.1, 0.15) is 22.6 Å². The van der Waals surface area contributed by atoms with Crippen LogP contribution in [0.3, 0.4) is 0 Å². The normalized spacial score (nSPS) is 15.3. The molecule has 0 unspecified atom stereocenters. The maximum Gasteiger partial charge on any atom is 0.451 e. The van der Waals surface area contributed by atoms with Crippen molar-refractivity contribution in [3.8, 4) is 5.75 Å². The van der Waals surface area contributed by atoms with Crippen LogP contribution in [0.2, 0.25) is 0 Å². The van der Waals surface area contributed by atoms with Crippen molar-refractivity contribution in [2.75, 3.05) is 13.7 Å². The molecule has 2 aromatic heterocycles. The highest BCUT2D eigenvalue weighted by molar-refractivity contribution is 5.25. The first-order valence-corrected chi connectivity index (χ1v) is 7.08. The number of hydrogen-bond acceptors (Lipinski definition) is 5. The molecule has 1 aliphatic heterocycles. The molecule has 1 aliphatic rings. The highest BCUT2D eigenvalue weighted by Crippen LogP contribution is 2.28. The van der Waals surface area contributed by atoms with Crippen LogP contribution in [-0.4, -0.2) is 33.5 Å². The summed E-state index contributed by atoms with van der Waals surface area (Å²) in [5, 5.41) is 0. The van der Waals surface area contributed by atoms with Gasteiger partial charge in [-0.05, 0) is 11.6 Å². The number of pyridine rings is 1. The lowest BCUT2D eigenvalue weighted by Crippen LogP contribution is -2.31. The maximum absolute atomic E-state index is 12.6. The molecule has 0 saturated carbocycles. The second kappa shape index (κ2) is 6.11. The van der Waals surface area contributed by atoms with Crippen molar-refractivity contribution in [1.82, 2.24) is 19.9 Å². The summed E-state index contributed by atoms with van der Waals surface area (Å²) >= 11 is 0. The summed E-state index contributed by atoms with van der Waals surface area (Å²) in [5.41, 5.74) is 2.20. The fraction of sp³-hybridized carbons (Fsp3) is 0.400. The van der Waals surface area contributed by atoms with Gasteiger partial charge in [0, 0.05) is 44.0 Å². The first-order valence-electron chi connectivity index (χ1n) is 7.08. The molecule has 0 amide bonds. The lowest BCUT2D eigenvalue weighted by molar-refractivity contribution is -0.145. The molecule has 3 rings (SSSR count). The highest BCUT2D eigenvalue weighted by Gasteiger charge is 2.35. The lowest BCUT2D eigenvalue weighted by Gasteiger charge is -2.28. The van der Waals surface area contributed by atoms with Crippen molar-refractivity contribution >= 4 is 0 Å². The molecule has 2 aromatic rings. The van der Waals surface area contributed by atoms with Gasteiger partial charge in [0.05, 0.1) is 19.0 Å². The minimum Gasteiger partial charge on any atom is -0.495 e. The minimum absolute atomic E-state index is 0.471. The number of aromatic nitrogens is 3. The molecule has 0 saturated heterocycles. The zero-order valence-electron chi connectivity index (χ0n) is 12.5. The van der Waals surface area contributed by atoms with E-state index < -0.39 is 12.0 Å². The number of methoxy groups -OCH3 is 1. The van der Waals surface area contributed by atoms with Gasteiger partial charge in [-0.1, -0.05) is 0 Å². The largest absolute Gasteiger partial charge is 0.495 e. The Morgan fingerprint density at radius 2 is 2.09 bits per heavy atom. The molecular formula is C15H15F3N4O. The molecular weight excluding hydrogens is 309 g/mol. The molecule has 0 atom stereocenters. The van der Waals surface area contributed by atoms with E-state index in [9.17, 15) is 13.2 Å². The molecule has 3 heterocycles. The third kappa shape index (κ3) is 3.58. The number of halogens is 3. The lowest BCUT2D eigenvalue weighted by atomic mass is 10.1. The van der Waals surface area contributed by atoms with Gasteiger partial charge >= 0.3 is 6.18 Å². The monoisotopic (exact) mass is 324 g/mol. The van der Waals surface area contributed by atoms with Gasteiger partial charge in [0.1, 0.15) is 5.75 Å². The van der Waals surface area contributed by atoms with E-state index in [1.807, 2.05) is 6.07 Å². The van der Waals surface area contributed by atoms with E-state index in [2.05, 4.69) is 19.9 Å². The van der Waals surface area contributed by atoms with Crippen LogP contribution >= 0.6 is 0 Å². The molecule has 0 aliphatic carbocycles. The molecule has 122 valence electrons. The van der Waals surface area contributed by atoms with Crippen LogP contribution in [0.15, 0.2) is 24.7 Å². The Bertz CT molecular complexity index is 705. The second-order valence-electron chi connectivity index (χ2n) is 5.36. The third-order valence-electron chi connectivity index (χ3n) is 3.68. The number of rotatable bonds is 3. The second-order valence-corrected chi connectivity index (χ2v) is 5.36. The zero-order chi connectivity index (χ0) is 16.4. The molecule has 5 nitrogen and oxygen atoms in total. The van der Waals surface area contributed by atoms with Gasteiger partial charge in [-0.2, -0.15) is 13.2 Å². The Kier molecular flexibility index (Phi) is 4.16. The summed E-state index contributed by atoms with van der Waals surface area (Å²) in [6.07, 6.45) is 0.626. The first kappa shape index (κ1) is 15.7. The molecule has 23 heavy (non-hydrogen) atoms. The van der Waals surface area contributed by atoms with Crippen molar-refractivity contribution in [1.29, 1.82) is 0 Å². The number of ether oxygens (including phenoxy) is 1. The third-order valence-corrected chi connectivity index (χ3v) is 3.68. The summed E-state index contributed by atoms with van der Waals surface area (Å²) in [6, 6.07) is 1.89. The Morgan fingerprint density at radius 3 is 2.83 bits per heavy atom. The smallest absolute Gasteiger partial charge is 0.451 e. The van der Waals surface area contributed by atoms with Crippen molar-refractivity contribution in [3.63, 3.8) is 0 Å². The fourth-order valence-electron chi connectivity index (χ4n) is 2.57. The van der Waals surface area contributed by atoms with Gasteiger partial charge in [0.15, 0.2) is 0 Å². The number of nitrogens with zero attached hydrogens (tertiary/aromatic N) is 4. The molecule has 0 bridgehead atoms. The van der Waals surface area contributed by atoms with Gasteiger partial charge in [-0.3, -0.25) is 9.88 Å². The van der Waals surface area contributed by atoms with E-state index in [0.29, 0.717) is 37.5 Å². The van der Waals surface area contributed by atoms with E-state index >= 15 is 0 Å². The summed E-state index contributed by atoms with van der Waals surface area (Å²) in [6.45, 7) is 1.80. The van der Waals surface area contributed by atoms with E-state index in [4.69, 9.17) is 4.74 Å². The van der Waals surface area contributed by atoms with Crippen molar-refractivity contribution in [2.45, 2.75) is 25.7 Å². The van der Waals surface area contributed by atoms with Crippen LogP contribution in [-0.2, 0) is 25.7 Å². The average molecular weight is 324 g/mol. The van der Waals surface area contributed by atoms with E-state index in [0.717, 1.165) is 11.1 Å². The van der Waals surface area contributed by atoms with Gasteiger partial charge in [0.2, 0.25) is 5.82 Å². The molecule has 0 radical (unpaired) electrons. The topological polar surface area (TPSA) is 51.1 Å². The number of fused-ring (bicyclic) bond motifs is 1. The van der Waals surface area contributed by atoms with E-state index in [1.165, 1.54) is 6.20 Å². The minimum atomic E-state index is -4.50. The van der Waals surface area contributed by atoms with Gasteiger partial charge in [-0.25, -0.2) is 9.97 Å². The standard InChI is InChI=1S/C15H15F3N4O/c1-23-12-4-10(5-19-7-12)8-22-3-2-13-11(9-22)6-20-14(21-13)15(16,17)18/h4-7H,2-3,8-9H2,1H3. The zero-order valence-corrected chi connectivity index (χ0v) is 12.5. The number of hydrogen-bond donors (Lipinski definition) is 0. The summed E-state index contributed by atoms with van der Waals surface area (Å²) in [4.78, 5) is 13.3. The Morgan fingerprint density at radius 1 is 1.26 bits per heavy atom. The van der Waals surface area contributed by atoms with Crippen LogP contribution in [0, 0.1) is 0 Å². The van der Waals surface area contributed by atoms with Gasteiger partial charge in [0.25, 0.3) is 0 Å². The van der Waals surface area contributed by atoms with Crippen LogP contribution in [0.5, 0.6) is 5.75 Å². The molecule has 8 heteroatoms. The first-order chi connectivity index (χ1) is 11.0. The van der Waals surface area contributed by atoms with Crippen molar-refractivity contribution < 1.29 is 17.9 Å². The summed E-state index contributed by atoms with van der Waals surface area (Å²) < 4.78 is 43.1. The quantitative estimate of drug-likeness (QED) is 0.868. The predicted octanol–water partition coefficient (Wildman–Crippen LogP) is 2.46. The van der Waals surface area contributed by atoms with Crippen molar-refractivity contribution in [3.05, 3.63) is 47.3 Å². The average Bonchev–Trinajstić information content (AvgIpc) is 2.53. The summed E-state index contributed by atoms with van der Waals surface area (Å²) in [5.74, 6) is -0.389. The number of alkyl halides is 3. The van der Waals surface area contributed by atoms with E-state index in [-0.39, 0.29) is 0 Å². The summed E-state index contributed by atoms with van der Waals surface area (Å²) in [7, 11) is 1.58. The Balaban J connectivity index is 1.73. The van der Waals surface area contributed by atoms with Crippen LogP contribution < -0.4 is 4.74 Å². The SMILES string of the molecule is COc1cncc(CN2CCc3nc(C(F)(F)F)ncc3C2)c1. The predicted molar refractivity (Wildman–Crippen MR) is 75.6 cm³/mol. The molecule has 0 fully saturated rings. The molecule has 0 aromatic carbocycles. The highest BCUT2D eigenvalue weighted by atomic mass is 19.4. The Labute approximate surface area is 131 Å². The Hall–Kier alpha value is -2.22. The molecule has 0 spiro atoms.